The molecule has 0 unspecified atom stereocenters. The third kappa shape index (κ3) is 5.38. The number of nitrogens with one attached hydrogen (secondary N) is 1. The molecular formula is C26H29N3O3. The summed E-state index contributed by atoms with van der Waals surface area (Å²) >= 11 is 0. The molecule has 1 N–H and O–H groups in total. The number of hydrogen-bond acceptors (Lipinski definition) is 4. The Bertz CT molecular complexity index is 1160. The van der Waals surface area contributed by atoms with Crippen LogP contribution in [0.2, 0.25) is 0 Å². The third-order valence-electron chi connectivity index (χ3n) is 5.35. The van der Waals surface area contributed by atoms with E-state index in [1.807, 2.05) is 18.2 Å². The molecule has 6 nitrogen and oxygen atoms in total. The topological polar surface area (TPSA) is 69.3 Å². The van der Waals surface area contributed by atoms with E-state index in [9.17, 15) is 4.79 Å². The number of hydrogen-bond donors (Lipinski definition) is 1. The molecular weight excluding hydrogens is 402 g/mol. The first kappa shape index (κ1) is 21.7. The van der Waals surface area contributed by atoms with E-state index in [0.29, 0.717) is 25.3 Å². The molecule has 0 saturated heterocycles. The van der Waals surface area contributed by atoms with Crippen molar-refractivity contribution >= 4 is 16.9 Å². The Kier molecular flexibility index (Phi) is 6.90. The number of amides is 1. The van der Waals surface area contributed by atoms with Gasteiger partial charge in [0.1, 0.15) is 11.6 Å². The second-order valence-corrected chi connectivity index (χ2v) is 8.03. The van der Waals surface area contributed by atoms with Gasteiger partial charge in [0.05, 0.1) is 23.9 Å². The summed E-state index contributed by atoms with van der Waals surface area (Å²) in [4.78, 5) is 16.9. The van der Waals surface area contributed by atoms with Gasteiger partial charge in [-0.15, -0.1) is 0 Å². The zero-order valence-electron chi connectivity index (χ0n) is 18.6. The molecule has 2 aromatic heterocycles. The highest BCUT2D eigenvalue weighted by Gasteiger charge is 2.12. The number of unbranched alkanes of at least 4 members (excludes halogenated alkanes) is 1. The normalized spacial score (nSPS) is 11.1. The van der Waals surface area contributed by atoms with Crippen LogP contribution in [-0.4, -0.2) is 28.6 Å². The minimum absolute atomic E-state index is 0.207. The van der Waals surface area contributed by atoms with Crippen molar-refractivity contribution in [2.75, 3.05) is 13.2 Å². The maximum absolute atomic E-state index is 12.1. The molecule has 0 spiro atoms. The van der Waals surface area contributed by atoms with Gasteiger partial charge in [-0.05, 0) is 74.2 Å². The molecule has 0 aliphatic carbocycles. The largest absolute Gasteiger partial charge is 0.494 e. The van der Waals surface area contributed by atoms with E-state index in [0.717, 1.165) is 42.0 Å². The van der Waals surface area contributed by atoms with Crippen molar-refractivity contribution in [1.82, 2.24) is 14.9 Å². The molecule has 0 saturated carbocycles. The highest BCUT2D eigenvalue weighted by molar-refractivity contribution is 5.91. The maximum Gasteiger partial charge on any atom is 0.286 e. The number of carbonyl (C=O) groups is 1. The number of furan rings is 1. The summed E-state index contributed by atoms with van der Waals surface area (Å²) in [6.45, 7) is 6.21. The molecule has 0 atom stereocenters. The number of fused-ring (bicyclic) bond motifs is 1. The Balaban J connectivity index is 1.33. The van der Waals surface area contributed by atoms with Crippen LogP contribution in [0.5, 0.6) is 5.75 Å². The van der Waals surface area contributed by atoms with E-state index >= 15 is 0 Å². The van der Waals surface area contributed by atoms with Crippen LogP contribution in [0.3, 0.4) is 0 Å². The zero-order valence-corrected chi connectivity index (χ0v) is 18.6. The van der Waals surface area contributed by atoms with Crippen molar-refractivity contribution in [2.24, 2.45) is 0 Å². The van der Waals surface area contributed by atoms with Crippen LogP contribution in [0, 0.1) is 13.8 Å². The molecule has 0 fully saturated rings. The molecule has 0 bridgehead atoms. The molecule has 0 aliphatic heterocycles. The maximum atomic E-state index is 12.1. The van der Waals surface area contributed by atoms with E-state index in [4.69, 9.17) is 14.1 Å². The van der Waals surface area contributed by atoms with Crippen molar-refractivity contribution < 1.29 is 13.9 Å². The summed E-state index contributed by atoms with van der Waals surface area (Å²) < 4.78 is 13.4. The van der Waals surface area contributed by atoms with Crippen LogP contribution in [-0.2, 0) is 13.0 Å². The number of benzene rings is 2. The number of aryl methyl sites for hydroxylation is 3. The van der Waals surface area contributed by atoms with Gasteiger partial charge in [0, 0.05) is 19.5 Å². The minimum Gasteiger partial charge on any atom is -0.494 e. The Morgan fingerprint density at radius 2 is 1.88 bits per heavy atom. The summed E-state index contributed by atoms with van der Waals surface area (Å²) in [7, 11) is 0. The highest BCUT2D eigenvalue weighted by atomic mass is 16.5. The number of aromatic nitrogens is 2. The fourth-order valence-electron chi connectivity index (χ4n) is 3.93. The lowest BCUT2D eigenvalue weighted by Crippen LogP contribution is -2.26. The number of rotatable bonds is 10. The van der Waals surface area contributed by atoms with Gasteiger partial charge in [-0.2, -0.15) is 0 Å². The Morgan fingerprint density at radius 3 is 2.66 bits per heavy atom. The quantitative estimate of drug-likeness (QED) is 0.356. The Hall–Kier alpha value is -3.54. The van der Waals surface area contributed by atoms with Crippen LogP contribution in [0.15, 0.2) is 65.3 Å². The summed E-state index contributed by atoms with van der Waals surface area (Å²) in [6.07, 6.45) is 4.09. The summed E-state index contributed by atoms with van der Waals surface area (Å²) in [6, 6.07) is 17.8. The van der Waals surface area contributed by atoms with Gasteiger partial charge >= 0.3 is 0 Å². The van der Waals surface area contributed by atoms with E-state index in [1.54, 1.807) is 12.1 Å². The number of imidazole rings is 1. The monoisotopic (exact) mass is 431 g/mol. The standard InChI is InChI=1S/C26H29N3O3/c1-19-16-20(2)18-21(17-19)31-14-6-5-13-29-23-9-4-3-8-22(23)28-25(29)11-12-27-26(30)24-10-7-15-32-24/h3-4,7-10,15-18H,5-6,11-14H2,1-2H3,(H,27,30). The molecule has 0 radical (unpaired) electrons. The fraction of sp³-hybridized carbons (Fsp3) is 0.308. The fourth-order valence-corrected chi connectivity index (χ4v) is 3.93. The lowest BCUT2D eigenvalue weighted by Gasteiger charge is -2.11. The predicted octanol–water partition coefficient (Wildman–Crippen LogP) is 5.08. The molecule has 6 heteroatoms. The van der Waals surface area contributed by atoms with Crippen LogP contribution in [0.1, 0.15) is 40.3 Å². The van der Waals surface area contributed by atoms with Crippen LogP contribution < -0.4 is 10.1 Å². The van der Waals surface area contributed by atoms with Crippen LogP contribution in [0.4, 0.5) is 0 Å². The number of carbonyl (C=O) groups excluding carboxylic acids is 1. The molecule has 4 aromatic rings. The number of nitrogens with zero attached hydrogens (tertiary/aromatic N) is 2. The first-order chi connectivity index (χ1) is 15.6. The van der Waals surface area contributed by atoms with Crippen molar-refractivity contribution in [3.05, 3.63) is 83.6 Å². The van der Waals surface area contributed by atoms with Gasteiger partial charge in [0.2, 0.25) is 0 Å². The Labute approximate surface area is 188 Å². The van der Waals surface area contributed by atoms with Crippen molar-refractivity contribution in [2.45, 2.75) is 39.7 Å². The van der Waals surface area contributed by atoms with E-state index in [1.165, 1.54) is 17.4 Å². The summed E-state index contributed by atoms with van der Waals surface area (Å²) in [5.41, 5.74) is 4.53. The molecule has 0 aliphatic rings. The van der Waals surface area contributed by atoms with Crippen LogP contribution >= 0.6 is 0 Å². The van der Waals surface area contributed by atoms with Crippen molar-refractivity contribution in [3.63, 3.8) is 0 Å². The minimum atomic E-state index is -0.207. The third-order valence-corrected chi connectivity index (χ3v) is 5.35. The van der Waals surface area contributed by atoms with Crippen LogP contribution in [0.25, 0.3) is 11.0 Å². The second kappa shape index (κ2) is 10.2. The first-order valence-corrected chi connectivity index (χ1v) is 11.1. The second-order valence-electron chi connectivity index (χ2n) is 8.03. The lowest BCUT2D eigenvalue weighted by atomic mass is 10.1. The van der Waals surface area contributed by atoms with Gasteiger partial charge in [-0.25, -0.2) is 4.98 Å². The lowest BCUT2D eigenvalue weighted by molar-refractivity contribution is 0.0926. The van der Waals surface area contributed by atoms with Crippen molar-refractivity contribution in [3.8, 4) is 5.75 Å². The smallest absolute Gasteiger partial charge is 0.286 e. The highest BCUT2D eigenvalue weighted by Crippen LogP contribution is 2.19. The summed E-state index contributed by atoms with van der Waals surface area (Å²) in [5.74, 6) is 2.02. The SMILES string of the molecule is Cc1cc(C)cc(OCCCCn2c(CCNC(=O)c3ccco3)nc3ccccc32)c1. The van der Waals surface area contributed by atoms with Gasteiger partial charge in [0.25, 0.3) is 5.91 Å². The predicted molar refractivity (Wildman–Crippen MR) is 125 cm³/mol. The molecule has 2 heterocycles. The van der Waals surface area contributed by atoms with E-state index < -0.39 is 0 Å². The zero-order chi connectivity index (χ0) is 22.3. The van der Waals surface area contributed by atoms with E-state index in [-0.39, 0.29) is 5.91 Å². The van der Waals surface area contributed by atoms with E-state index in [2.05, 4.69) is 48.0 Å². The summed E-state index contributed by atoms with van der Waals surface area (Å²) in [5, 5.41) is 2.90. The van der Waals surface area contributed by atoms with Gasteiger partial charge in [0.15, 0.2) is 5.76 Å². The molecule has 2 aromatic carbocycles. The molecule has 32 heavy (non-hydrogen) atoms. The van der Waals surface area contributed by atoms with Gasteiger partial charge in [-0.3, -0.25) is 4.79 Å². The average molecular weight is 432 g/mol. The first-order valence-electron chi connectivity index (χ1n) is 11.1. The van der Waals surface area contributed by atoms with Gasteiger partial charge in [-0.1, -0.05) is 18.2 Å². The molecule has 166 valence electrons. The molecule has 1 amide bonds. The van der Waals surface area contributed by atoms with Gasteiger partial charge < -0.3 is 19.0 Å². The Morgan fingerprint density at radius 1 is 1.06 bits per heavy atom. The number of para-hydroxylation sites is 2. The van der Waals surface area contributed by atoms with Crippen molar-refractivity contribution in [1.29, 1.82) is 0 Å². The average Bonchev–Trinajstić information content (AvgIpc) is 3.41. The molecule has 4 rings (SSSR count). The number of ether oxygens (including phenoxy) is 1.